The summed E-state index contributed by atoms with van der Waals surface area (Å²) >= 11 is 0. The van der Waals surface area contributed by atoms with Crippen LogP contribution in [-0.2, 0) is 22.0 Å². The Morgan fingerprint density at radius 2 is 1.94 bits per heavy atom. The second-order valence-electron chi connectivity index (χ2n) is 10.2. The van der Waals surface area contributed by atoms with Crippen molar-refractivity contribution < 1.29 is 9.53 Å². The van der Waals surface area contributed by atoms with Gasteiger partial charge in [0.25, 0.3) is 0 Å². The standard InChI is InChI=1S/C26H36N6O2/c1-7-34-21(33)14-18-10-12-32(13-11-18)25-29-23-22(31(6)16-27-23)24(30-25)28-20-15-19(26(3,4)5)9-8-17(20)2/h8-9,15-16,18H,7,10-14H2,1-6H3,(H,28,29,30). The molecule has 0 aliphatic carbocycles. The molecule has 8 heteroatoms. The van der Waals surface area contributed by atoms with Crippen molar-refractivity contribution in [3.05, 3.63) is 35.7 Å². The van der Waals surface area contributed by atoms with Gasteiger partial charge in [-0.2, -0.15) is 9.97 Å². The molecule has 2 aromatic heterocycles. The Morgan fingerprint density at radius 1 is 1.21 bits per heavy atom. The van der Waals surface area contributed by atoms with E-state index in [1.807, 2.05) is 18.5 Å². The molecule has 0 amide bonds. The number of rotatable bonds is 6. The van der Waals surface area contributed by atoms with Crippen molar-refractivity contribution in [3.8, 4) is 0 Å². The number of imidazole rings is 1. The summed E-state index contributed by atoms with van der Waals surface area (Å²) in [6.45, 7) is 12.6. The van der Waals surface area contributed by atoms with E-state index >= 15 is 0 Å². The quantitative estimate of drug-likeness (QED) is 0.520. The highest BCUT2D eigenvalue weighted by molar-refractivity contribution is 5.87. The topological polar surface area (TPSA) is 85.2 Å². The van der Waals surface area contributed by atoms with Gasteiger partial charge in [-0.1, -0.05) is 32.9 Å². The molecule has 3 heterocycles. The monoisotopic (exact) mass is 464 g/mol. The van der Waals surface area contributed by atoms with Crippen LogP contribution in [0.15, 0.2) is 24.5 Å². The van der Waals surface area contributed by atoms with Crippen LogP contribution in [0.3, 0.4) is 0 Å². The normalized spacial score (nSPS) is 15.1. The lowest BCUT2D eigenvalue weighted by Crippen LogP contribution is -2.35. The number of hydrogen-bond donors (Lipinski definition) is 1. The van der Waals surface area contributed by atoms with E-state index in [0.29, 0.717) is 30.5 Å². The molecule has 1 aromatic carbocycles. The highest BCUT2D eigenvalue weighted by Gasteiger charge is 2.25. The van der Waals surface area contributed by atoms with Crippen LogP contribution >= 0.6 is 0 Å². The molecule has 3 aromatic rings. The van der Waals surface area contributed by atoms with E-state index in [1.165, 1.54) is 5.56 Å². The van der Waals surface area contributed by atoms with Crippen molar-refractivity contribution in [2.45, 2.75) is 59.3 Å². The van der Waals surface area contributed by atoms with Crippen LogP contribution in [0.2, 0.25) is 0 Å². The number of ether oxygens (including phenoxy) is 1. The number of esters is 1. The number of carbonyl (C=O) groups is 1. The van der Waals surface area contributed by atoms with Gasteiger partial charge in [-0.15, -0.1) is 0 Å². The van der Waals surface area contributed by atoms with Crippen LogP contribution in [0, 0.1) is 12.8 Å². The summed E-state index contributed by atoms with van der Waals surface area (Å²) in [4.78, 5) is 28.3. The van der Waals surface area contributed by atoms with E-state index in [9.17, 15) is 4.79 Å². The Morgan fingerprint density at radius 3 is 2.62 bits per heavy atom. The van der Waals surface area contributed by atoms with Crippen LogP contribution < -0.4 is 10.2 Å². The average Bonchev–Trinajstić information content (AvgIpc) is 3.16. The predicted molar refractivity (Wildman–Crippen MR) is 136 cm³/mol. The molecule has 1 aliphatic heterocycles. The van der Waals surface area contributed by atoms with E-state index in [-0.39, 0.29) is 11.4 Å². The van der Waals surface area contributed by atoms with Crippen molar-refractivity contribution in [1.82, 2.24) is 19.5 Å². The maximum Gasteiger partial charge on any atom is 0.306 e. The number of benzene rings is 1. The summed E-state index contributed by atoms with van der Waals surface area (Å²) in [5, 5.41) is 3.58. The Balaban J connectivity index is 1.60. The molecule has 0 unspecified atom stereocenters. The lowest BCUT2D eigenvalue weighted by Gasteiger charge is -2.31. The molecule has 1 aliphatic rings. The molecule has 0 spiro atoms. The Bertz CT molecular complexity index is 1170. The van der Waals surface area contributed by atoms with Gasteiger partial charge in [-0.3, -0.25) is 4.79 Å². The summed E-state index contributed by atoms with van der Waals surface area (Å²) in [5.41, 5.74) is 5.06. The molecule has 4 rings (SSSR count). The fourth-order valence-electron chi connectivity index (χ4n) is 4.42. The smallest absolute Gasteiger partial charge is 0.306 e. The van der Waals surface area contributed by atoms with Gasteiger partial charge in [0.05, 0.1) is 12.9 Å². The molecular weight excluding hydrogens is 428 g/mol. The van der Waals surface area contributed by atoms with E-state index in [0.717, 1.165) is 48.5 Å². The molecule has 0 radical (unpaired) electrons. The lowest BCUT2D eigenvalue weighted by atomic mass is 9.86. The molecule has 1 N–H and O–H groups in total. The Labute approximate surface area is 201 Å². The van der Waals surface area contributed by atoms with Crippen molar-refractivity contribution in [3.63, 3.8) is 0 Å². The van der Waals surface area contributed by atoms with Crippen LogP contribution in [-0.4, -0.2) is 45.2 Å². The van der Waals surface area contributed by atoms with Crippen molar-refractivity contribution in [1.29, 1.82) is 0 Å². The summed E-state index contributed by atoms with van der Waals surface area (Å²) < 4.78 is 7.08. The minimum atomic E-state index is -0.105. The summed E-state index contributed by atoms with van der Waals surface area (Å²) in [7, 11) is 1.96. The number of aromatic nitrogens is 4. The SMILES string of the molecule is CCOC(=O)CC1CCN(c2nc(Nc3cc(C(C)(C)C)ccc3C)c3c(ncn3C)n2)CC1. The molecule has 182 valence electrons. The van der Waals surface area contributed by atoms with Gasteiger partial charge in [-0.05, 0) is 55.2 Å². The molecule has 8 nitrogen and oxygen atoms in total. The second kappa shape index (κ2) is 9.60. The fraction of sp³-hybridized carbons (Fsp3) is 0.538. The molecule has 0 saturated carbocycles. The molecule has 0 atom stereocenters. The van der Waals surface area contributed by atoms with Crippen LogP contribution in [0.1, 0.15) is 58.1 Å². The van der Waals surface area contributed by atoms with Crippen LogP contribution in [0.4, 0.5) is 17.5 Å². The van der Waals surface area contributed by atoms with Gasteiger partial charge >= 0.3 is 5.97 Å². The highest BCUT2D eigenvalue weighted by atomic mass is 16.5. The minimum absolute atomic E-state index is 0.0523. The van der Waals surface area contributed by atoms with Crippen molar-refractivity contribution in [2.75, 3.05) is 29.9 Å². The zero-order valence-corrected chi connectivity index (χ0v) is 21.2. The first-order valence-electron chi connectivity index (χ1n) is 12.1. The fourth-order valence-corrected chi connectivity index (χ4v) is 4.42. The first-order chi connectivity index (χ1) is 16.2. The Kier molecular flexibility index (Phi) is 6.77. The van der Waals surface area contributed by atoms with Gasteiger partial charge in [0.1, 0.15) is 5.52 Å². The van der Waals surface area contributed by atoms with Crippen molar-refractivity contribution in [2.24, 2.45) is 13.0 Å². The molecule has 0 bridgehead atoms. The maximum atomic E-state index is 11.9. The van der Waals surface area contributed by atoms with Crippen LogP contribution in [0.5, 0.6) is 0 Å². The van der Waals surface area contributed by atoms with Gasteiger partial charge in [0, 0.05) is 32.2 Å². The van der Waals surface area contributed by atoms with E-state index in [4.69, 9.17) is 14.7 Å². The second-order valence-corrected chi connectivity index (χ2v) is 10.2. The van der Waals surface area contributed by atoms with Gasteiger partial charge in [0.15, 0.2) is 11.5 Å². The number of piperidine rings is 1. The van der Waals surface area contributed by atoms with E-state index in [1.54, 1.807) is 6.33 Å². The predicted octanol–water partition coefficient (Wildman–Crippen LogP) is 4.88. The van der Waals surface area contributed by atoms with Gasteiger partial charge < -0.3 is 19.5 Å². The summed E-state index contributed by atoms with van der Waals surface area (Å²) in [6, 6.07) is 6.55. The largest absolute Gasteiger partial charge is 0.466 e. The van der Waals surface area contributed by atoms with Crippen LogP contribution in [0.25, 0.3) is 11.2 Å². The molecule has 34 heavy (non-hydrogen) atoms. The first-order valence-corrected chi connectivity index (χ1v) is 12.1. The first kappa shape index (κ1) is 24.0. The minimum Gasteiger partial charge on any atom is -0.466 e. The van der Waals surface area contributed by atoms with Gasteiger partial charge in [0.2, 0.25) is 5.95 Å². The number of aryl methyl sites for hydroxylation is 2. The highest BCUT2D eigenvalue weighted by Crippen LogP contribution is 2.32. The number of hydrogen-bond acceptors (Lipinski definition) is 7. The zero-order chi connectivity index (χ0) is 24.5. The number of nitrogens with one attached hydrogen (secondary N) is 1. The van der Waals surface area contributed by atoms with E-state index in [2.05, 4.69) is 61.1 Å². The average molecular weight is 465 g/mol. The Hall–Kier alpha value is -3.16. The zero-order valence-electron chi connectivity index (χ0n) is 21.2. The summed E-state index contributed by atoms with van der Waals surface area (Å²) in [5.74, 6) is 1.66. The molecular formula is C26H36N6O2. The maximum absolute atomic E-state index is 11.9. The molecule has 1 fully saturated rings. The van der Waals surface area contributed by atoms with Gasteiger partial charge in [-0.25, -0.2) is 4.98 Å². The lowest BCUT2D eigenvalue weighted by molar-refractivity contribution is -0.144. The number of anilines is 3. The van der Waals surface area contributed by atoms with Crippen molar-refractivity contribution >= 4 is 34.6 Å². The third kappa shape index (κ3) is 5.16. The third-order valence-electron chi connectivity index (χ3n) is 6.57. The molecule has 1 saturated heterocycles. The summed E-state index contributed by atoms with van der Waals surface area (Å²) in [6.07, 6.45) is 4.09. The number of carbonyl (C=O) groups excluding carboxylic acids is 1. The third-order valence-corrected chi connectivity index (χ3v) is 6.57. The number of fused-ring (bicyclic) bond motifs is 1. The van der Waals surface area contributed by atoms with E-state index < -0.39 is 0 Å². The number of nitrogens with zero attached hydrogens (tertiary/aromatic N) is 5.